The topological polar surface area (TPSA) is 66.4 Å². The van der Waals surface area contributed by atoms with Crippen molar-refractivity contribution in [2.45, 2.75) is 26.7 Å². The van der Waals surface area contributed by atoms with Gasteiger partial charge < -0.3 is 10.4 Å². The molecule has 74 valence electrons. The van der Waals surface area contributed by atoms with Gasteiger partial charge in [-0.25, -0.2) is 4.79 Å². The first-order chi connectivity index (χ1) is 5.98. The van der Waals surface area contributed by atoms with Crippen molar-refractivity contribution in [3.05, 3.63) is 0 Å². The molecule has 0 heterocycles. The van der Waals surface area contributed by atoms with Crippen LogP contribution in [0.3, 0.4) is 0 Å². The number of amides is 1. The smallest absolute Gasteiger partial charge is 0.394 e. The van der Waals surface area contributed by atoms with E-state index in [4.69, 9.17) is 5.11 Å². The highest BCUT2D eigenvalue weighted by atomic mass is 16.4. The van der Waals surface area contributed by atoms with Gasteiger partial charge in [0.25, 0.3) is 0 Å². The lowest BCUT2D eigenvalue weighted by molar-refractivity contribution is -0.150. The van der Waals surface area contributed by atoms with Gasteiger partial charge in [0.15, 0.2) is 0 Å². The van der Waals surface area contributed by atoms with E-state index in [1.165, 1.54) is 0 Å². The predicted molar refractivity (Wildman–Crippen MR) is 47.2 cm³/mol. The minimum atomic E-state index is -1.40. The highest BCUT2D eigenvalue weighted by Crippen LogP contribution is 2.51. The molecule has 0 aromatic carbocycles. The van der Waals surface area contributed by atoms with Crippen LogP contribution in [0, 0.1) is 11.3 Å². The van der Waals surface area contributed by atoms with E-state index in [2.05, 4.69) is 19.2 Å². The maximum Gasteiger partial charge on any atom is 0.394 e. The Bertz CT molecular complexity index is 231. The van der Waals surface area contributed by atoms with Crippen LogP contribution in [0.5, 0.6) is 0 Å². The predicted octanol–water partition coefficient (Wildman–Crippen LogP) is 0.623. The number of carbonyl (C=O) groups is 2. The fraction of sp³-hybridized carbons (Fsp3) is 0.778. The van der Waals surface area contributed by atoms with Gasteiger partial charge in [-0.2, -0.15) is 0 Å². The van der Waals surface area contributed by atoms with Crippen LogP contribution in [0.15, 0.2) is 0 Å². The summed E-state index contributed by atoms with van der Waals surface area (Å²) in [6.45, 7) is 4.69. The summed E-state index contributed by atoms with van der Waals surface area (Å²) in [5.41, 5.74) is 0.172. The highest BCUT2D eigenvalue weighted by Gasteiger charge is 2.45. The van der Waals surface area contributed by atoms with Crippen LogP contribution >= 0.6 is 0 Å². The lowest BCUT2D eigenvalue weighted by atomic mass is 9.92. The van der Waals surface area contributed by atoms with Crippen LogP contribution in [0.2, 0.25) is 0 Å². The van der Waals surface area contributed by atoms with E-state index >= 15 is 0 Å². The van der Waals surface area contributed by atoms with Gasteiger partial charge in [-0.1, -0.05) is 13.8 Å². The summed E-state index contributed by atoms with van der Waals surface area (Å²) in [5, 5.41) is 10.8. The summed E-state index contributed by atoms with van der Waals surface area (Å²) in [5.74, 6) is -1.80. The van der Waals surface area contributed by atoms with Crippen LogP contribution < -0.4 is 5.32 Å². The van der Waals surface area contributed by atoms with Crippen molar-refractivity contribution in [1.82, 2.24) is 5.32 Å². The summed E-state index contributed by atoms with van der Waals surface area (Å²) < 4.78 is 0. The lowest BCUT2D eigenvalue weighted by Gasteiger charge is -2.19. The van der Waals surface area contributed by atoms with Gasteiger partial charge in [0.1, 0.15) is 0 Å². The zero-order valence-electron chi connectivity index (χ0n) is 7.96. The molecule has 1 aliphatic carbocycles. The van der Waals surface area contributed by atoms with Crippen LogP contribution in [0.25, 0.3) is 0 Å². The molecule has 4 nitrogen and oxygen atoms in total. The molecule has 4 heteroatoms. The molecule has 0 spiro atoms. The average Bonchev–Trinajstić information content (AvgIpc) is 2.80. The minimum absolute atomic E-state index is 0.172. The minimum Gasteiger partial charge on any atom is -0.474 e. The number of hydrogen-bond acceptors (Lipinski definition) is 2. The number of carboxylic acid groups (broad SMARTS) is 1. The average molecular weight is 185 g/mol. The molecule has 1 fully saturated rings. The first kappa shape index (κ1) is 10.0. The van der Waals surface area contributed by atoms with Crippen molar-refractivity contribution in [2.24, 2.45) is 11.3 Å². The second kappa shape index (κ2) is 3.36. The maximum atomic E-state index is 10.7. The molecule has 0 unspecified atom stereocenters. The number of nitrogens with one attached hydrogen (secondary N) is 1. The second-order valence-electron chi connectivity index (χ2n) is 4.00. The third-order valence-corrected chi connectivity index (χ3v) is 2.91. The Balaban J connectivity index is 2.35. The number of rotatable bonds is 3. The Morgan fingerprint density at radius 3 is 2.31 bits per heavy atom. The zero-order valence-corrected chi connectivity index (χ0v) is 7.96. The molecule has 1 rings (SSSR count). The van der Waals surface area contributed by atoms with Gasteiger partial charge in [-0.15, -0.1) is 0 Å². The van der Waals surface area contributed by atoms with E-state index in [1.807, 2.05) is 0 Å². The van der Waals surface area contributed by atoms with Crippen LogP contribution in [-0.4, -0.2) is 23.5 Å². The Morgan fingerprint density at radius 1 is 1.46 bits per heavy atom. The van der Waals surface area contributed by atoms with E-state index in [0.29, 0.717) is 12.5 Å². The first-order valence-electron chi connectivity index (χ1n) is 4.49. The summed E-state index contributed by atoms with van der Waals surface area (Å²) >= 11 is 0. The Kier molecular flexibility index (Phi) is 2.59. The van der Waals surface area contributed by atoms with Crippen LogP contribution in [0.1, 0.15) is 26.7 Å². The molecular weight excluding hydrogens is 170 g/mol. The number of carboxylic acids is 1. The third kappa shape index (κ3) is 2.20. The normalized spacial score (nSPS) is 18.4. The first-order valence-corrected chi connectivity index (χ1v) is 4.49. The molecule has 0 aliphatic heterocycles. The van der Waals surface area contributed by atoms with Crippen molar-refractivity contribution in [3.8, 4) is 0 Å². The molecule has 1 amide bonds. The van der Waals surface area contributed by atoms with Crippen molar-refractivity contribution >= 4 is 11.9 Å². The molecule has 0 saturated heterocycles. The molecule has 0 aromatic rings. The van der Waals surface area contributed by atoms with Crippen LogP contribution in [-0.2, 0) is 9.59 Å². The molecule has 1 aliphatic rings. The standard InChI is InChI=1S/C9H15NO3/c1-6(2)9(3-4-9)5-10-7(11)8(12)13/h6H,3-5H2,1-2H3,(H,10,11)(H,12,13). The summed E-state index contributed by atoms with van der Waals surface area (Å²) in [6, 6.07) is 0. The molecule has 13 heavy (non-hydrogen) atoms. The van der Waals surface area contributed by atoms with E-state index in [0.717, 1.165) is 12.8 Å². The van der Waals surface area contributed by atoms with Crippen molar-refractivity contribution in [3.63, 3.8) is 0 Å². The second-order valence-corrected chi connectivity index (χ2v) is 4.00. The Morgan fingerprint density at radius 2 is 2.00 bits per heavy atom. The molecule has 1 saturated carbocycles. The quantitative estimate of drug-likeness (QED) is 0.633. The SMILES string of the molecule is CC(C)C1(CNC(=O)C(=O)O)CC1. The van der Waals surface area contributed by atoms with E-state index in [-0.39, 0.29) is 5.41 Å². The highest BCUT2D eigenvalue weighted by molar-refractivity contribution is 6.31. The third-order valence-electron chi connectivity index (χ3n) is 2.91. The van der Waals surface area contributed by atoms with Gasteiger partial charge >= 0.3 is 11.9 Å². The fourth-order valence-corrected chi connectivity index (χ4v) is 1.45. The number of aliphatic carboxylic acids is 1. The summed E-state index contributed by atoms with van der Waals surface area (Å²) in [4.78, 5) is 20.9. The van der Waals surface area contributed by atoms with Crippen molar-refractivity contribution in [1.29, 1.82) is 0 Å². The maximum absolute atomic E-state index is 10.7. The zero-order chi connectivity index (χ0) is 10.1. The Hall–Kier alpha value is -1.06. The lowest BCUT2D eigenvalue weighted by Crippen LogP contribution is -2.36. The number of hydrogen-bond donors (Lipinski definition) is 2. The molecule has 0 bridgehead atoms. The van der Waals surface area contributed by atoms with Crippen LogP contribution in [0.4, 0.5) is 0 Å². The summed E-state index contributed by atoms with van der Waals surface area (Å²) in [7, 11) is 0. The van der Waals surface area contributed by atoms with Crippen molar-refractivity contribution < 1.29 is 14.7 Å². The molecule has 0 aromatic heterocycles. The summed E-state index contributed by atoms with van der Waals surface area (Å²) in [6.07, 6.45) is 2.18. The monoisotopic (exact) mass is 185 g/mol. The molecular formula is C9H15NO3. The molecule has 2 N–H and O–H groups in total. The van der Waals surface area contributed by atoms with Gasteiger partial charge in [-0.05, 0) is 24.2 Å². The number of carbonyl (C=O) groups excluding carboxylic acids is 1. The molecule has 0 atom stereocenters. The van der Waals surface area contributed by atoms with Gasteiger partial charge in [0.05, 0.1) is 0 Å². The van der Waals surface area contributed by atoms with E-state index in [9.17, 15) is 9.59 Å². The van der Waals surface area contributed by atoms with Crippen molar-refractivity contribution in [2.75, 3.05) is 6.54 Å². The largest absolute Gasteiger partial charge is 0.474 e. The van der Waals surface area contributed by atoms with E-state index < -0.39 is 11.9 Å². The Labute approximate surface area is 77.3 Å². The van der Waals surface area contributed by atoms with Gasteiger partial charge in [-0.3, -0.25) is 4.79 Å². The van der Waals surface area contributed by atoms with Gasteiger partial charge in [0.2, 0.25) is 0 Å². The van der Waals surface area contributed by atoms with E-state index in [1.54, 1.807) is 0 Å². The van der Waals surface area contributed by atoms with Gasteiger partial charge in [0, 0.05) is 6.54 Å². The fourth-order valence-electron chi connectivity index (χ4n) is 1.45. The molecule has 0 radical (unpaired) electrons.